The first-order valence-corrected chi connectivity index (χ1v) is 9.20. The Labute approximate surface area is 129 Å². The van der Waals surface area contributed by atoms with Crippen molar-refractivity contribution in [2.24, 2.45) is 0 Å². The SMILES string of the molecule is CCSCCSCC(c1ccccn1)c1ccccn1. The van der Waals surface area contributed by atoms with Gasteiger partial charge in [-0.3, -0.25) is 9.97 Å². The highest BCUT2D eigenvalue weighted by atomic mass is 32.2. The van der Waals surface area contributed by atoms with Crippen molar-refractivity contribution in [3.05, 3.63) is 60.2 Å². The number of aromatic nitrogens is 2. The lowest BCUT2D eigenvalue weighted by molar-refractivity contribution is 0.843. The molecule has 0 radical (unpaired) electrons. The van der Waals surface area contributed by atoms with Crippen LogP contribution in [0.5, 0.6) is 0 Å². The van der Waals surface area contributed by atoms with Crippen LogP contribution in [-0.4, -0.2) is 33.0 Å². The minimum absolute atomic E-state index is 0.286. The molecule has 0 fully saturated rings. The Balaban J connectivity index is 2.02. The first kappa shape index (κ1) is 15.4. The van der Waals surface area contributed by atoms with Crippen LogP contribution >= 0.6 is 23.5 Å². The summed E-state index contributed by atoms with van der Waals surface area (Å²) in [5, 5.41) is 0. The van der Waals surface area contributed by atoms with Crippen molar-refractivity contribution < 1.29 is 0 Å². The molecular formula is C16H20N2S2. The van der Waals surface area contributed by atoms with Crippen molar-refractivity contribution in [1.82, 2.24) is 9.97 Å². The Hall–Kier alpha value is -1.00. The third kappa shape index (κ3) is 4.84. The van der Waals surface area contributed by atoms with E-state index in [1.54, 1.807) is 0 Å². The van der Waals surface area contributed by atoms with E-state index in [2.05, 4.69) is 41.2 Å². The maximum Gasteiger partial charge on any atom is 0.0526 e. The zero-order valence-electron chi connectivity index (χ0n) is 11.7. The summed E-state index contributed by atoms with van der Waals surface area (Å²) in [5.41, 5.74) is 2.23. The van der Waals surface area contributed by atoms with E-state index < -0.39 is 0 Å². The fraction of sp³-hybridized carbons (Fsp3) is 0.375. The first-order chi connectivity index (χ1) is 9.92. The van der Waals surface area contributed by atoms with Gasteiger partial charge in [-0.1, -0.05) is 19.1 Å². The van der Waals surface area contributed by atoms with Crippen molar-refractivity contribution in [2.45, 2.75) is 12.8 Å². The first-order valence-electron chi connectivity index (χ1n) is 6.89. The minimum atomic E-state index is 0.286. The molecule has 0 aliphatic carbocycles. The highest BCUT2D eigenvalue weighted by Gasteiger charge is 2.16. The second-order valence-corrected chi connectivity index (χ2v) is 6.88. The molecule has 0 saturated carbocycles. The largest absolute Gasteiger partial charge is 0.261 e. The van der Waals surface area contributed by atoms with Crippen molar-refractivity contribution in [3.8, 4) is 0 Å². The van der Waals surface area contributed by atoms with Gasteiger partial charge >= 0.3 is 0 Å². The third-order valence-electron chi connectivity index (χ3n) is 2.95. The van der Waals surface area contributed by atoms with Gasteiger partial charge in [0.15, 0.2) is 0 Å². The molecule has 2 aromatic heterocycles. The lowest BCUT2D eigenvalue weighted by atomic mass is 10.0. The second kappa shape index (κ2) is 9.03. The van der Waals surface area contributed by atoms with Gasteiger partial charge in [0.25, 0.3) is 0 Å². The molecule has 20 heavy (non-hydrogen) atoms. The van der Waals surface area contributed by atoms with Gasteiger partial charge in [0.2, 0.25) is 0 Å². The van der Waals surface area contributed by atoms with Gasteiger partial charge < -0.3 is 0 Å². The van der Waals surface area contributed by atoms with Crippen LogP contribution < -0.4 is 0 Å². The highest BCUT2D eigenvalue weighted by Crippen LogP contribution is 2.25. The quantitative estimate of drug-likeness (QED) is 0.686. The predicted octanol–water partition coefficient (Wildman–Crippen LogP) is 4.09. The zero-order chi connectivity index (χ0) is 14.0. The van der Waals surface area contributed by atoms with Crippen molar-refractivity contribution in [2.75, 3.05) is 23.0 Å². The summed E-state index contributed by atoms with van der Waals surface area (Å²) in [4.78, 5) is 9.02. The fourth-order valence-corrected chi connectivity index (χ4v) is 3.93. The Morgan fingerprint density at radius 3 is 2.00 bits per heavy atom. The molecule has 0 atom stereocenters. The molecule has 0 aromatic carbocycles. The van der Waals surface area contributed by atoms with Gasteiger partial charge in [0.1, 0.15) is 0 Å². The summed E-state index contributed by atoms with van der Waals surface area (Å²) in [7, 11) is 0. The summed E-state index contributed by atoms with van der Waals surface area (Å²) in [6.07, 6.45) is 3.73. The van der Waals surface area contributed by atoms with Crippen LogP contribution in [0.15, 0.2) is 48.8 Å². The molecule has 2 rings (SSSR count). The van der Waals surface area contributed by atoms with Crippen LogP contribution in [0.4, 0.5) is 0 Å². The van der Waals surface area contributed by atoms with Gasteiger partial charge in [0, 0.05) is 29.7 Å². The molecule has 2 nitrogen and oxygen atoms in total. The van der Waals surface area contributed by atoms with Crippen LogP contribution in [0.2, 0.25) is 0 Å². The molecule has 0 amide bonds. The number of nitrogens with zero attached hydrogens (tertiary/aromatic N) is 2. The Morgan fingerprint density at radius 2 is 1.50 bits per heavy atom. The van der Waals surface area contributed by atoms with E-state index in [0.717, 1.165) is 17.1 Å². The Bertz CT molecular complexity index is 437. The van der Waals surface area contributed by atoms with E-state index >= 15 is 0 Å². The molecule has 0 aliphatic heterocycles. The van der Waals surface area contributed by atoms with Crippen molar-refractivity contribution in [1.29, 1.82) is 0 Å². The van der Waals surface area contributed by atoms with Gasteiger partial charge in [-0.25, -0.2) is 0 Å². The molecule has 2 aromatic rings. The maximum absolute atomic E-state index is 4.51. The summed E-state index contributed by atoms with van der Waals surface area (Å²) < 4.78 is 0. The number of hydrogen-bond donors (Lipinski definition) is 0. The lowest BCUT2D eigenvalue weighted by Crippen LogP contribution is -2.08. The standard InChI is InChI=1S/C16H20N2S2/c1-2-19-11-12-20-13-14(15-7-3-5-9-17-15)16-8-4-6-10-18-16/h3-10,14H,2,11-13H2,1H3. The molecule has 2 heterocycles. The van der Waals surface area contributed by atoms with Crippen molar-refractivity contribution in [3.63, 3.8) is 0 Å². The molecule has 0 unspecified atom stereocenters. The molecule has 106 valence electrons. The molecule has 0 saturated heterocycles. The summed E-state index contributed by atoms with van der Waals surface area (Å²) >= 11 is 3.99. The van der Waals surface area contributed by atoms with Crippen LogP contribution in [0.3, 0.4) is 0 Å². The second-order valence-electron chi connectivity index (χ2n) is 4.33. The average molecular weight is 304 g/mol. The van der Waals surface area contributed by atoms with Crippen molar-refractivity contribution >= 4 is 23.5 Å². The van der Waals surface area contributed by atoms with Gasteiger partial charge in [-0.15, -0.1) is 0 Å². The van der Waals surface area contributed by atoms with Gasteiger partial charge in [-0.2, -0.15) is 23.5 Å². The predicted molar refractivity (Wildman–Crippen MR) is 90.6 cm³/mol. The normalized spacial score (nSPS) is 10.9. The lowest BCUT2D eigenvalue weighted by Gasteiger charge is -2.15. The Kier molecular flexibility index (Phi) is 6.95. The van der Waals surface area contributed by atoms with E-state index in [0.29, 0.717) is 0 Å². The van der Waals surface area contributed by atoms with E-state index in [1.165, 1.54) is 17.3 Å². The van der Waals surface area contributed by atoms with E-state index in [1.807, 2.05) is 48.1 Å². The molecule has 0 N–H and O–H groups in total. The molecule has 0 spiro atoms. The van der Waals surface area contributed by atoms with Crippen LogP contribution in [-0.2, 0) is 0 Å². The third-order valence-corrected chi connectivity index (χ3v) is 5.17. The highest BCUT2D eigenvalue weighted by molar-refractivity contribution is 8.02. The molecular weight excluding hydrogens is 284 g/mol. The van der Waals surface area contributed by atoms with Crippen LogP contribution in [0, 0.1) is 0 Å². The van der Waals surface area contributed by atoms with Crippen LogP contribution in [0.1, 0.15) is 24.2 Å². The summed E-state index contributed by atoms with van der Waals surface area (Å²) in [6.45, 7) is 2.21. The molecule has 4 heteroatoms. The Morgan fingerprint density at radius 1 is 0.900 bits per heavy atom. The fourth-order valence-electron chi connectivity index (χ4n) is 1.95. The van der Waals surface area contributed by atoms with E-state index in [4.69, 9.17) is 0 Å². The zero-order valence-corrected chi connectivity index (χ0v) is 13.4. The number of rotatable bonds is 8. The molecule has 0 aliphatic rings. The van der Waals surface area contributed by atoms with E-state index in [9.17, 15) is 0 Å². The summed E-state index contributed by atoms with van der Waals surface area (Å²) in [6, 6.07) is 12.2. The topological polar surface area (TPSA) is 25.8 Å². The summed E-state index contributed by atoms with van der Waals surface area (Å²) in [5.74, 6) is 4.93. The smallest absolute Gasteiger partial charge is 0.0526 e. The van der Waals surface area contributed by atoms with E-state index in [-0.39, 0.29) is 5.92 Å². The number of thioether (sulfide) groups is 2. The van der Waals surface area contributed by atoms with Gasteiger partial charge in [-0.05, 0) is 30.0 Å². The number of hydrogen-bond acceptors (Lipinski definition) is 4. The molecule has 0 bridgehead atoms. The average Bonchev–Trinajstić information content (AvgIpc) is 2.53. The van der Waals surface area contributed by atoms with Crippen LogP contribution in [0.25, 0.3) is 0 Å². The maximum atomic E-state index is 4.51. The number of pyridine rings is 2. The van der Waals surface area contributed by atoms with Gasteiger partial charge in [0.05, 0.1) is 17.3 Å². The monoisotopic (exact) mass is 304 g/mol. The minimum Gasteiger partial charge on any atom is -0.261 e.